The molecule has 0 radical (unpaired) electrons. The maximum absolute atomic E-state index is 12.8. The highest BCUT2D eigenvalue weighted by atomic mass is 19.4. The van der Waals surface area contributed by atoms with Crippen molar-refractivity contribution in [3.63, 3.8) is 0 Å². The Labute approximate surface area is 157 Å². The summed E-state index contributed by atoms with van der Waals surface area (Å²) in [6, 6.07) is 6.97. The highest BCUT2D eigenvalue weighted by Gasteiger charge is 2.33. The molecule has 1 aromatic carbocycles. The van der Waals surface area contributed by atoms with Crippen LogP contribution in [0.3, 0.4) is 0 Å². The highest BCUT2D eigenvalue weighted by molar-refractivity contribution is 5.74. The number of likely N-dealkylation sites (tertiary alicyclic amines) is 1. The van der Waals surface area contributed by atoms with Crippen LogP contribution >= 0.6 is 0 Å². The lowest BCUT2D eigenvalue weighted by Gasteiger charge is -2.37. The van der Waals surface area contributed by atoms with Crippen molar-refractivity contribution in [2.24, 2.45) is 5.92 Å². The summed E-state index contributed by atoms with van der Waals surface area (Å²) in [5.41, 5.74) is 0.000187. The lowest BCUT2D eigenvalue weighted by molar-refractivity contribution is -0.137. The molecule has 2 rings (SSSR count). The Kier molecular flexibility index (Phi) is 7.08. The predicted octanol–water partition coefficient (Wildman–Crippen LogP) is 3.72. The second kappa shape index (κ2) is 9.09. The van der Waals surface area contributed by atoms with Crippen LogP contribution in [0.1, 0.15) is 30.4 Å². The number of ether oxygens (including phenoxy) is 1. The van der Waals surface area contributed by atoms with Crippen molar-refractivity contribution in [1.29, 1.82) is 5.26 Å². The second-order valence-electron chi connectivity index (χ2n) is 6.68. The highest BCUT2D eigenvalue weighted by Crippen LogP contribution is 2.34. The molecule has 2 atom stereocenters. The fourth-order valence-corrected chi connectivity index (χ4v) is 3.22. The van der Waals surface area contributed by atoms with E-state index in [1.807, 2.05) is 6.92 Å². The fraction of sp³-hybridized carbons (Fsp3) is 0.579. The molecule has 8 heteroatoms. The first-order valence-corrected chi connectivity index (χ1v) is 8.90. The van der Waals surface area contributed by atoms with Crippen LogP contribution < -0.4 is 0 Å². The number of alkyl halides is 3. The Bertz CT molecular complexity index is 670. The lowest BCUT2D eigenvalue weighted by atomic mass is 9.85. The van der Waals surface area contributed by atoms with Gasteiger partial charge in [0, 0.05) is 39.2 Å². The van der Waals surface area contributed by atoms with Crippen molar-refractivity contribution in [1.82, 2.24) is 9.80 Å². The van der Waals surface area contributed by atoms with Gasteiger partial charge in [-0.05, 0) is 31.0 Å². The predicted molar refractivity (Wildman–Crippen MR) is 94.0 cm³/mol. The minimum Gasteiger partial charge on any atom is -0.380 e. The largest absolute Gasteiger partial charge is 0.416 e. The van der Waals surface area contributed by atoms with Crippen LogP contribution in [-0.4, -0.2) is 55.7 Å². The summed E-state index contributed by atoms with van der Waals surface area (Å²) in [6.45, 7) is 4.01. The van der Waals surface area contributed by atoms with E-state index in [0.717, 1.165) is 12.1 Å². The van der Waals surface area contributed by atoms with E-state index < -0.39 is 11.7 Å². The zero-order valence-electron chi connectivity index (χ0n) is 15.5. The van der Waals surface area contributed by atoms with Crippen molar-refractivity contribution in [2.45, 2.75) is 25.4 Å². The van der Waals surface area contributed by atoms with Crippen molar-refractivity contribution < 1.29 is 22.7 Å². The van der Waals surface area contributed by atoms with E-state index >= 15 is 0 Å². The van der Waals surface area contributed by atoms with Crippen molar-refractivity contribution in [2.75, 3.05) is 39.9 Å². The summed E-state index contributed by atoms with van der Waals surface area (Å²) in [6.07, 6.45) is -3.86. The first kappa shape index (κ1) is 21.0. The van der Waals surface area contributed by atoms with Gasteiger partial charge in [-0.15, -0.1) is 0 Å². The third-order valence-corrected chi connectivity index (χ3v) is 4.71. The number of rotatable bonds is 5. The van der Waals surface area contributed by atoms with Crippen LogP contribution in [0, 0.1) is 17.2 Å². The summed E-state index contributed by atoms with van der Waals surface area (Å²) < 4.78 is 43.5. The molecule has 0 saturated carbocycles. The molecular weight excluding hydrogens is 359 g/mol. The summed E-state index contributed by atoms with van der Waals surface area (Å²) in [5.74, 6) is -0.523. The number of carbonyl (C=O) groups is 1. The number of nitrogens with zero attached hydrogens (tertiary/aromatic N) is 3. The number of amides is 2. The van der Waals surface area contributed by atoms with Gasteiger partial charge in [-0.3, -0.25) is 0 Å². The molecule has 1 saturated heterocycles. The van der Waals surface area contributed by atoms with Gasteiger partial charge in [0.25, 0.3) is 0 Å². The average Bonchev–Trinajstić information content (AvgIpc) is 2.66. The summed E-state index contributed by atoms with van der Waals surface area (Å²) >= 11 is 0. The average molecular weight is 383 g/mol. The van der Waals surface area contributed by atoms with Gasteiger partial charge in [-0.25, -0.2) is 4.79 Å². The number of halogens is 3. The van der Waals surface area contributed by atoms with Crippen molar-refractivity contribution in [3.8, 4) is 6.07 Å². The van der Waals surface area contributed by atoms with Gasteiger partial charge in [0.1, 0.15) is 0 Å². The van der Waals surface area contributed by atoms with E-state index in [9.17, 15) is 23.2 Å². The van der Waals surface area contributed by atoms with E-state index in [4.69, 9.17) is 4.74 Å². The molecule has 1 fully saturated rings. The fourth-order valence-electron chi connectivity index (χ4n) is 3.22. The number of piperidine rings is 1. The molecule has 1 heterocycles. The van der Waals surface area contributed by atoms with E-state index in [2.05, 4.69) is 6.07 Å². The molecule has 1 aromatic rings. The SMILES string of the molecule is CCOCCN(C)C(=O)N1CC(C#N)CC(c2ccc(C(F)(F)F)cc2)C1. The van der Waals surface area contributed by atoms with Crippen LogP contribution in [0.25, 0.3) is 0 Å². The Morgan fingerprint density at radius 1 is 1.33 bits per heavy atom. The van der Waals surface area contributed by atoms with Gasteiger partial charge in [0.05, 0.1) is 24.2 Å². The number of benzene rings is 1. The number of hydrogen-bond donors (Lipinski definition) is 0. The van der Waals surface area contributed by atoms with Crippen molar-refractivity contribution in [3.05, 3.63) is 35.4 Å². The molecule has 0 bridgehead atoms. The summed E-state index contributed by atoms with van der Waals surface area (Å²) in [4.78, 5) is 15.8. The first-order valence-electron chi connectivity index (χ1n) is 8.90. The molecule has 1 aliphatic rings. The number of nitriles is 1. The molecule has 1 aliphatic heterocycles. The molecule has 27 heavy (non-hydrogen) atoms. The van der Waals surface area contributed by atoms with Gasteiger partial charge in [-0.1, -0.05) is 12.1 Å². The van der Waals surface area contributed by atoms with Crippen LogP contribution in [0.5, 0.6) is 0 Å². The number of urea groups is 1. The number of hydrogen-bond acceptors (Lipinski definition) is 3. The maximum Gasteiger partial charge on any atom is 0.416 e. The van der Waals surface area contributed by atoms with Crippen LogP contribution in [0.4, 0.5) is 18.0 Å². The quantitative estimate of drug-likeness (QED) is 0.728. The van der Waals surface area contributed by atoms with Crippen molar-refractivity contribution >= 4 is 6.03 Å². The van der Waals surface area contributed by atoms with Gasteiger partial charge < -0.3 is 14.5 Å². The molecule has 2 amide bonds. The molecule has 5 nitrogen and oxygen atoms in total. The molecule has 2 unspecified atom stereocenters. The van der Waals surface area contributed by atoms with Gasteiger partial charge in [0.2, 0.25) is 0 Å². The molecule has 0 aliphatic carbocycles. The molecule has 0 N–H and O–H groups in total. The minimum atomic E-state index is -4.38. The summed E-state index contributed by atoms with van der Waals surface area (Å²) in [7, 11) is 1.67. The molecular formula is C19H24F3N3O2. The van der Waals surface area contributed by atoms with E-state index in [1.54, 1.807) is 16.8 Å². The second-order valence-corrected chi connectivity index (χ2v) is 6.68. The van der Waals surface area contributed by atoms with E-state index in [1.165, 1.54) is 12.1 Å². The first-order chi connectivity index (χ1) is 12.8. The summed E-state index contributed by atoms with van der Waals surface area (Å²) in [5, 5.41) is 9.35. The Balaban J connectivity index is 2.10. The third-order valence-electron chi connectivity index (χ3n) is 4.71. The maximum atomic E-state index is 12.8. The van der Waals surface area contributed by atoms with E-state index in [0.29, 0.717) is 44.8 Å². The zero-order chi connectivity index (χ0) is 20.0. The normalized spacial score (nSPS) is 20.2. The molecule has 148 valence electrons. The number of likely N-dealkylation sites (N-methyl/N-ethyl adjacent to an activating group) is 1. The van der Waals surface area contributed by atoms with Gasteiger partial charge in [0.15, 0.2) is 0 Å². The monoisotopic (exact) mass is 383 g/mol. The third kappa shape index (κ3) is 5.60. The number of carbonyl (C=O) groups excluding carboxylic acids is 1. The lowest BCUT2D eigenvalue weighted by Crippen LogP contribution is -2.48. The standard InChI is InChI=1S/C19H24F3N3O2/c1-3-27-9-8-24(2)18(26)25-12-14(11-23)10-16(13-25)15-4-6-17(7-5-15)19(20,21)22/h4-7,14,16H,3,8-10,12-13H2,1-2H3. The Hall–Kier alpha value is -2.27. The zero-order valence-corrected chi connectivity index (χ0v) is 15.5. The molecule has 0 aromatic heterocycles. The topological polar surface area (TPSA) is 56.6 Å². The minimum absolute atomic E-state index is 0.171. The van der Waals surface area contributed by atoms with Gasteiger partial charge >= 0.3 is 12.2 Å². The van der Waals surface area contributed by atoms with Crippen LogP contribution in [0.2, 0.25) is 0 Å². The Morgan fingerprint density at radius 2 is 2.00 bits per heavy atom. The van der Waals surface area contributed by atoms with E-state index in [-0.39, 0.29) is 17.9 Å². The van der Waals surface area contributed by atoms with Crippen LogP contribution in [0.15, 0.2) is 24.3 Å². The van der Waals surface area contributed by atoms with Crippen LogP contribution in [-0.2, 0) is 10.9 Å². The van der Waals surface area contributed by atoms with Gasteiger partial charge in [-0.2, -0.15) is 18.4 Å². The molecule has 0 spiro atoms. The smallest absolute Gasteiger partial charge is 0.380 e. The Morgan fingerprint density at radius 3 is 2.56 bits per heavy atom.